The van der Waals surface area contributed by atoms with Gasteiger partial charge in [-0.3, -0.25) is 4.79 Å². The van der Waals surface area contributed by atoms with Gasteiger partial charge in [0, 0.05) is 26.9 Å². The van der Waals surface area contributed by atoms with Crippen LogP contribution in [0.1, 0.15) is 5.56 Å². The maximum atomic E-state index is 11.5. The van der Waals surface area contributed by atoms with Crippen molar-refractivity contribution < 1.29 is 9.53 Å². The maximum Gasteiger partial charge on any atom is 0.241 e. The van der Waals surface area contributed by atoms with Crippen molar-refractivity contribution >= 4 is 11.6 Å². The van der Waals surface area contributed by atoms with Gasteiger partial charge < -0.3 is 15.0 Å². The van der Waals surface area contributed by atoms with Gasteiger partial charge >= 0.3 is 0 Å². The molecule has 0 atom stereocenters. The topological polar surface area (TPSA) is 41.6 Å². The van der Waals surface area contributed by atoms with Crippen LogP contribution in [0.5, 0.6) is 0 Å². The average molecular weight is 236 g/mol. The van der Waals surface area contributed by atoms with E-state index in [1.54, 1.807) is 26.1 Å². The minimum absolute atomic E-state index is 0.0616. The summed E-state index contributed by atoms with van der Waals surface area (Å²) in [6.45, 7) is 0.997. The Labute approximate surface area is 103 Å². The van der Waals surface area contributed by atoms with Gasteiger partial charge in [-0.2, -0.15) is 0 Å². The third-order valence-electron chi connectivity index (χ3n) is 2.52. The minimum Gasteiger partial charge on any atom is -0.384 e. The van der Waals surface area contributed by atoms with Gasteiger partial charge in [0.15, 0.2) is 0 Å². The van der Waals surface area contributed by atoms with Crippen molar-refractivity contribution in [1.82, 2.24) is 4.90 Å². The molecule has 1 N–H and O–H groups in total. The first-order chi connectivity index (χ1) is 8.15. The molecule has 0 aliphatic carbocycles. The van der Waals surface area contributed by atoms with Crippen LogP contribution in [0.25, 0.3) is 0 Å². The standard InChI is InChI=1S/C13H20N2O2/c1-15(2)13(16)10-14-12-7-5-4-6-11(12)8-9-17-3/h4-7,14H,8-10H2,1-3H3. The molecule has 1 aromatic carbocycles. The Morgan fingerprint density at radius 3 is 2.71 bits per heavy atom. The molecule has 0 unspecified atom stereocenters. The highest BCUT2D eigenvalue weighted by Gasteiger charge is 2.05. The lowest BCUT2D eigenvalue weighted by Gasteiger charge is -2.14. The molecular weight excluding hydrogens is 216 g/mol. The van der Waals surface area contributed by atoms with Gasteiger partial charge in [-0.25, -0.2) is 0 Å². The summed E-state index contributed by atoms with van der Waals surface area (Å²) in [5.74, 6) is 0.0616. The van der Waals surface area contributed by atoms with Gasteiger partial charge in [-0.05, 0) is 18.1 Å². The molecule has 4 nitrogen and oxygen atoms in total. The average Bonchev–Trinajstić information content (AvgIpc) is 2.34. The summed E-state index contributed by atoms with van der Waals surface area (Å²) in [5.41, 5.74) is 2.17. The highest BCUT2D eigenvalue weighted by atomic mass is 16.5. The van der Waals surface area contributed by atoms with Crippen LogP contribution in [0.15, 0.2) is 24.3 Å². The second kappa shape index (κ2) is 6.91. The molecular formula is C13H20N2O2. The number of likely N-dealkylation sites (N-methyl/N-ethyl adjacent to an activating group) is 1. The van der Waals surface area contributed by atoms with Crippen molar-refractivity contribution in [3.63, 3.8) is 0 Å². The molecule has 0 bridgehead atoms. The van der Waals surface area contributed by atoms with Crippen molar-refractivity contribution in [2.45, 2.75) is 6.42 Å². The first-order valence-corrected chi connectivity index (χ1v) is 5.66. The Morgan fingerprint density at radius 1 is 1.35 bits per heavy atom. The van der Waals surface area contributed by atoms with Crippen LogP contribution in [-0.2, 0) is 16.0 Å². The van der Waals surface area contributed by atoms with E-state index in [1.807, 2.05) is 24.3 Å². The molecule has 0 radical (unpaired) electrons. The largest absolute Gasteiger partial charge is 0.384 e. The van der Waals surface area contributed by atoms with Gasteiger partial charge in [0.25, 0.3) is 0 Å². The lowest BCUT2D eigenvalue weighted by Crippen LogP contribution is -2.28. The van der Waals surface area contributed by atoms with Crippen molar-refractivity contribution in [1.29, 1.82) is 0 Å². The van der Waals surface area contributed by atoms with E-state index in [4.69, 9.17) is 4.74 Å². The quantitative estimate of drug-likeness (QED) is 0.811. The predicted octanol–water partition coefficient (Wildman–Crippen LogP) is 1.38. The number of nitrogens with one attached hydrogen (secondary N) is 1. The number of anilines is 1. The maximum absolute atomic E-state index is 11.5. The van der Waals surface area contributed by atoms with Crippen LogP contribution < -0.4 is 5.32 Å². The number of amides is 1. The molecule has 17 heavy (non-hydrogen) atoms. The third-order valence-corrected chi connectivity index (χ3v) is 2.52. The van der Waals surface area contributed by atoms with Gasteiger partial charge in [-0.1, -0.05) is 18.2 Å². The van der Waals surface area contributed by atoms with Gasteiger partial charge in [0.05, 0.1) is 13.2 Å². The van der Waals surface area contributed by atoms with Crippen LogP contribution in [0.2, 0.25) is 0 Å². The van der Waals surface area contributed by atoms with E-state index in [0.717, 1.165) is 12.1 Å². The summed E-state index contributed by atoms with van der Waals surface area (Å²) in [4.78, 5) is 13.1. The molecule has 94 valence electrons. The number of ether oxygens (including phenoxy) is 1. The first-order valence-electron chi connectivity index (χ1n) is 5.66. The molecule has 0 saturated carbocycles. The summed E-state index contributed by atoms with van der Waals surface area (Å²) in [7, 11) is 5.19. The van der Waals surface area contributed by atoms with Crippen molar-refractivity contribution in [2.75, 3.05) is 39.7 Å². The van der Waals surface area contributed by atoms with Crippen LogP contribution in [0.4, 0.5) is 5.69 Å². The van der Waals surface area contributed by atoms with Crippen molar-refractivity contribution in [2.24, 2.45) is 0 Å². The molecule has 4 heteroatoms. The van der Waals surface area contributed by atoms with Crippen LogP contribution in [0, 0.1) is 0 Å². The number of hydrogen-bond acceptors (Lipinski definition) is 3. The number of para-hydroxylation sites is 1. The Hall–Kier alpha value is -1.55. The molecule has 0 aromatic heterocycles. The molecule has 0 aliphatic heterocycles. The number of hydrogen-bond donors (Lipinski definition) is 1. The second-order valence-corrected chi connectivity index (χ2v) is 4.04. The van der Waals surface area contributed by atoms with E-state index in [1.165, 1.54) is 5.56 Å². The first kappa shape index (κ1) is 13.5. The zero-order valence-electron chi connectivity index (χ0n) is 10.7. The van der Waals surface area contributed by atoms with Gasteiger partial charge in [-0.15, -0.1) is 0 Å². The van der Waals surface area contributed by atoms with Crippen LogP contribution in [-0.4, -0.2) is 45.2 Å². The predicted molar refractivity (Wildman–Crippen MR) is 69.2 cm³/mol. The second-order valence-electron chi connectivity index (χ2n) is 4.04. The van der Waals surface area contributed by atoms with Gasteiger partial charge in [0.1, 0.15) is 0 Å². The fourth-order valence-corrected chi connectivity index (χ4v) is 1.45. The summed E-state index contributed by atoms with van der Waals surface area (Å²) in [5, 5.41) is 3.16. The van der Waals surface area contributed by atoms with Crippen molar-refractivity contribution in [3.8, 4) is 0 Å². The van der Waals surface area contributed by atoms with Crippen LogP contribution in [0.3, 0.4) is 0 Å². The summed E-state index contributed by atoms with van der Waals surface area (Å²) < 4.78 is 5.06. The fraction of sp³-hybridized carbons (Fsp3) is 0.462. The number of carbonyl (C=O) groups is 1. The monoisotopic (exact) mass is 236 g/mol. The highest BCUT2D eigenvalue weighted by Crippen LogP contribution is 2.15. The third kappa shape index (κ3) is 4.44. The Kier molecular flexibility index (Phi) is 5.49. The Bertz CT molecular complexity index is 364. The summed E-state index contributed by atoms with van der Waals surface area (Å²) >= 11 is 0. The molecule has 1 aromatic rings. The van der Waals surface area contributed by atoms with E-state index in [0.29, 0.717) is 13.2 Å². The van der Waals surface area contributed by atoms with E-state index in [-0.39, 0.29) is 5.91 Å². The lowest BCUT2D eigenvalue weighted by atomic mass is 10.1. The van der Waals surface area contributed by atoms with Crippen molar-refractivity contribution in [3.05, 3.63) is 29.8 Å². The smallest absolute Gasteiger partial charge is 0.241 e. The van der Waals surface area contributed by atoms with Crippen LogP contribution >= 0.6 is 0 Å². The molecule has 0 saturated heterocycles. The molecule has 0 aliphatic rings. The number of nitrogens with zero attached hydrogens (tertiary/aromatic N) is 1. The summed E-state index contributed by atoms with van der Waals surface area (Å²) in [6.07, 6.45) is 0.843. The Balaban J connectivity index is 2.60. The highest BCUT2D eigenvalue weighted by molar-refractivity contribution is 5.80. The molecule has 1 rings (SSSR count). The Morgan fingerprint density at radius 2 is 2.06 bits per heavy atom. The molecule has 0 heterocycles. The van der Waals surface area contributed by atoms with E-state index < -0.39 is 0 Å². The lowest BCUT2D eigenvalue weighted by molar-refractivity contribution is -0.126. The molecule has 0 spiro atoms. The number of methoxy groups -OCH3 is 1. The molecule has 0 fully saturated rings. The van der Waals surface area contributed by atoms with E-state index >= 15 is 0 Å². The van der Waals surface area contributed by atoms with E-state index in [2.05, 4.69) is 5.32 Å². The minimum atomic E-state index is 0.0616. The van der Waals surface area contributed by atoms with E-state index in [9.17, 15) is 4.79 Å². The number of rotatable bonds is 6. The van der Waals surface area contributed by atoms with Gasteiger partial charge in [0.2, 0.25) is 5.91 Å². The number of carbonyl (C=O) groups excluding carboxylic acids is 1. The zero-order chi connectivity index (χ0) is 12.7. The fourth-order valence-electron chi connectivity index (χ4n) is 1.45. The number of benzene rings is 1. The zero-order valence-corrected chi connectivity index (χ0v) is 10.7. The SMILES string of the molecule is COCCc1ccccc1NCC(=O)N(C)C. The summed E-state index contributed by atoms with van der Waals surface area (Å²) in [6, 6.07) is 7.97. The normalized spacial score (nSPS) is 10.1. The molecule has 1 amide bonds.